The molecule has 1 unspecified atom stereocenters. The summed E-state index contributed by atoms with van der Waals surface area (Å²) in [6, 6.07) is 3.34. The van der Waals surface area contributed by atoms with Crippen LogP contribution in [0.25, 0.3) is 0 Å². The average Bonchev–Trinajstić information content (AvgIpc) is 2.74. The van der Waals surface area contributed by atoms with E-state index >= 15 is 0 Å². The molecule has 5 nitrogen and oxygen atoms in total. The lowest BCUT2D eigenvalue weighted by molar-refractivity contribution is -0.137. The molecule has 1 amide bonds. The van der Waals surface area contributed by atoms with Crippen molar-refractivity contribution in [2.45, 2.75) is 26.8 Å². The van der Waals surface area contributed by atoms with Crippen molar-refractivity contribution >= 4 is 11.9 Å². The van der Waals surface area contributed by atoms with E-state index in [1.807, 2.05) is 0 Å². The van der Waals surface area contributed by atoms with Crippen molar-refractivity contribution in [2.75, 3.05) is 13.6 Å². The van der Waals surface area contributed by atoms with E-state index in [2.05, 4.69) is 13.8 Å². The summed E-state index contributed by atoms with van der Waals surface area (Å²) in [6.07, 6.45) is 2.62. The summed E-state index contributed by atoms with van der Waals surface area (Å²) in [5.74, 6) is -0.659. The topological polar surface area (TPSA) is 62.5 Å². The third-order valence-corrected chi connectivity index (χ3v) is 2.98. The Balaban J connectivity index is 2.77. The van der Waals surface area contributed by atoms with Crippen LogP contribution in [-0.2, 0) is 11.3 Å². The number of hydrogen-bond donors (Lipinski definition) is 1. The highest BCUT2D eigenvalue weighted by atomic mass is 16.4. The minimum absolute atomic E-state index is 0.137. The number of amides is 1. The van der Waals surface area contributed by atoms with Crippen LogP contribution in [-0.4, -0.2) is 40.0 Å². The molecule has 1 heterocycles. The molecular formula is C13H20N2O3. The fourth-order valence-electron chi connectivity index (χ4n) is 1.77. The number of hydrogen-bond acceptors (Lipinski definition) is 2. The van der Waals surface area contributed by atoms with Gasteiger partial charge in [0.2, 0.25) is 0 Å². The van der Waals surface area contributed by atoms with Gasteiger partial charge in [-0.1, -0.05) is 20.3 Å². The molecule has 0 saturated carbocycles. The number of rotatable bonds is 6. The maximum atomic E-state index is 12.2. The lowest BCUT2D eigenvalue weighted by Crippen LogP contribution is -2.32. The first-order valence-electron chi connectivity index (χ1n) is 6.08. The Kier molecular flexibility index (Phi) is 4.95. The first-order chi connectivity index (χ1) is 8.45. The predicted octanol–water partition coefficient (Wildman–Crippen LogP) is 1.69. The number of aliphatic carboxylic acids is 1. The highest BCUT2D eigenvalue weighted by Gasteiger charge is 2.17. The maximum absolute atomic E-state index is 12.2. The molecule has 0 fully saturated rings. The third-order valence-electron chi connectivity index (χ3n) is 2.98. The van der Waals surface area contributed by atoms with E-state index in [9.17, 15) is 9.59 Å². The summed E-state index contributed by atoms with van der Waals surface area (Å²) in [4.78, 5) is 24.5. The van der Waals surface area contributed by atoms with Crippen LogP contribution in [0, 0.1) is 5.92 Å². The van der Waals surface area contributed by atoms with Gasteiger partial charge in [0.05, 0.1) is 0 Å². The van der Waals surface area contributed by atoms with E-state index in [0.717, 1.165) is 6.42 Å². The minimum Gasteiger partial charge on any atom is -0.480 e. The van der Waals surface area contributed by atoms with Gasteiger partial charge in [-0.3, -0.25) is 9.59 Å². The van der Waals surface area contributed by atoms with Gasteiger partial charge in [-0.25, -0.2) is 0 Å². The molecule has 18 heavy (non-hydrogen) atoms. The maximum Gasteiger partial charge on any atom is 0.323 e. The Morgan fingerprint density at radius 2 is 2.17 bits per heavy atom. The highest BCUT2D eigenvalue weighted by molar-refractivity contribution is 5.93. The van der Waals surface area contributed by atoms with Crippen molar-refractivity contribution in [3.63, 3.8) is 0 Å². The first kappa shape index (κ1) is 14.3. The Morgan fingerprint density at radius 3 is 2.72 bits per heavy atom. The molecule has 0 spiro atoms. The lowest BCUT2D eigenvalue weighted by atomic mass is 10.1. The molecule has 1 rings (SSSR count). The largest absolute Gasteiger partial charge is 0.480 e. The Morgan fingerprint density at radius 1 is 1.50 bits per heavy atom. The summed E-state index contributed by atoms with van der Waals surface area (Å²) in [5.41, 5.74) is 0.420. The van der Waals surface area contributed by atoms with Gasteiger partial charge >= 0.3 is 5.97 Å². The van der Waals surface area contributed by atoms with Crippen LogP contribution in [0.15, 0.2) is 18.3 Å². The SMILES string of the molecule is CCC(C)CN(C)C(=O)c1cccn1CC(=O)O. The van der Waals surface area contributed by atoms with Gasteiger partial charge in [0, 0.05) is 19.8 Å². The van der Waals surface area contributed by atoms with E-state index in [1.165, 1.54) is 4.57 Å². The molecular weight excluding hydrogens is 232 g/mol. The molecule has 0 aliphatic carbocycles. The van der Waals surface area contributed by atoms with Crippen molar-refractivity contribution in [1.82, 2.24) is 9.47 Å². The van der Waals surface area contributed by atoms with Crippen LogP contribution in [0.1, 0.15) is 30.8 Å². The van der Waals surface area contributed by atoms with Crippen molar-refractivity contribution in [3.8, 4) is 0 Å². The van der Waals surface area contributed by atoms with Crippen molar-refractivity contribution in [2.24, 2.45) is 5.92 Å². The molecule has 1 atom stereocenters. The van der Waals surface area contributed by atoms with Gasteiger partial charge in [-0.2, -0.15) is 0 Å². The third kappa shape index (κ3) is 3.61. The molecule has 1 aromatic heterocycles. The Labute approximate surface area is 107 Å². The second kappa shape index (κ2) is 6.23. The Hall–Kier alpha value is -1.78. The van der Waals surface area contributed by atoms with Crippen molar-refractivity contribution in [1.29, 1.82) is 0 Å². The summed E-state index contributed by atoms with van der Waals surface area (Å²) in [6.45, 7) is 4.65. The molecule has 0 aliphatic heterocycles. The molecule has 0 bridgehead atoms. The normalized spacial score (nSPS) is 12.2. The molecule has 1 aromatic rings. The fourth-order valence-corrected chi connectivity index (χ4v) is 1.77. The quantitative estimate of drug-likeness (QED) is 0.838. The number of carboxylic acid groups (broad SMARTS) is 1. The zero-order valence-corrected chi connectivity index (χ0v) is 11.1. The number of nitrogens with zero attached hydrogens (tertiary/aromatic N) is 2. The van der Waals surface area contributed by atoms with Crippen molar-refractivity contribution < 1.29 is 14.7 Å². The van der Waals surface area contributed by atoms with Gasteiger partial charge in [-0.05, 0) is 18.1 Å². The highest BCUT2D eigenvalue weighted by Crippen LogP contribution is 2.09. The fraction of sp³-hybridized carbons (Fsp3) is 0.538. The van der Waals surface area contributed by atoms with E-state index in [4.69, 9.17) is 5.11 Å². The summed E-state index contributed by atoms with van der Waals surface area (Å²) < 4.78 is 1.46. The van der Waals surface area contributed by atoms with Gasteiger partial charge in [-0.15, -0.1) is 0 Å². The van der Waals surface area contributed by atoms with Crippen molar-refractivity contribution in [3.05, 3.63) is 24.0 Å². The second-order valence-electron chi connectivity index (χ2n) is 4.61. The summed E-state index contributed by atoms with van der Waals surface area (Å²) in [5, 5.41) is 8.77. The van der Waals surface area contributed by atoms with Gasteiger partial charge < -0.3 is 14.6 Å². The molecule has 1 N–H and O–H groups in total. The molecule has 0 saturated heterocycles. The number of carbonyl (C=O) groups excluding carboxylic acids is 1. The zero-order chi connectivity index (χ0) is 13.7. The van der Waals surface area contributed by atoms with Gasteiger partial charge in [0.1, 0.15) is 12.2 Å². The van der Waals surface area contributed by atoms with Gasteiger partial charge in [0.15, 0.2) is 0 Å². The van der Waals surface area contributed by atoms with E-state index in [0.29, 0.717) is 18.2 Å². The zero-order valence-electron chi connectivity index (χ0n) is 11.1. The lowest BCUT2D eigenvalue weighted by Gasteiger charge is -2.21. The average molecular weight is 252 g/mol. The monoisotopic (exact) mass is 252 g/mol. The molecule has 0 aliphatic rings. The molecule has 5 heteroatoms. The van der Waals surface area contributed by atoms with E-state index in [1.54, 1.807) is 30.3 Å². The summed E-state index contributed by atoms with van der Waals surface area (Å²) >= 11 is 0. The predicted molar refractivity (Wildman–Crippen MR) is 68.5 cm³/mol. The Bertz CT molecular complexity index is 426. The smallest absolute Gasteiger partial charge is 0.323 e. The van der Waals surface area contributed by atoms with E-state index in [-0.39, 0.29) is 12.5 Å². The molecule has 100 valence electrons. The number of aromatic nitrogens is 1. The molecule has 0 radical (unpaired) electrons. The van der Waals surface area contributed by atoms with Crippen LogP contribution in [0.2, 0.25) is 0 Å². The van der Waals surface area contributed by atoms with Crippen LogP contribution < -0.4 is 0 Å². The van der Waals surface area contributed by atoms with Crippen LogP contribution in [0.5, 0.6) is 0 Å². The van der Waals surface area contributed by atoms with E-state index < -0.39 is 5.97 Å². The standard InChI is InChI=1S/C13H20N2O3/c1-4-10(2)8-14(3)13(18)11-6-5-7-15(11)9-12(16)17/h5-7,10H,4,8-9H2,1-3H3,(H,16,17). The molecule has 0 aromatic carbocycles. The van der Waals surface area contributed by atoms with Crippen LogP contribution in [0.3, 0.4) is 0 Å². The van der Waals surface area contributed by atoms with Crippen LogP contribution >= 0.6 is 0 Å². The second-order valence-corrected chi connectivity index (χ2v) is 4.61. The first-order valence-corrected chi connectivity index (χ1v) is 6.08. The minimum atomic E-state index is -0.954. The number of carbonyl (C=O) groups is 2. The van der Waals surface area contributed by atoms with Crippen LogP contribution in [0.4, 0.5) is 0 Å². The van der Waals surface area contributed by atoms with Gasteiger partial charge in [0.25, 0.3) is 5.91 Å². The summed E-state index contributed by atoms with van der Waals surface area (Å²) in [7, 11) is 1.74. The number of carboxylic acids is 1.